The van der Waals surface area contributed by atoms with E-state index in [1.807, 2.05) is 13.1 Å². The molecule has 0 amide bonds. The summed E-state index contributed by atoms with van der Waals surface area (Å²) < 4.78 is 6.75. The molecule has 2 heterocycles. The third-order valence-corrected chi connectivity index (χ3v) is 4.47. The first-order valence-electron chi connectivity index (χ1n) is 6.58. The summed E-state index contributed by atoms with van der Waals surface area (Å²) in [5.41, 5.74) is 2.13. The summed E-state index contributed by atoms with van der Waals surface area (Å²) in [4.78, 5) is 4.27. The Bertz CT molecular complexity index is 594. The van der Waals surface area contributed by atoms with E-state index in [0.717, 1.165) is 33.3 Å². The molecule has 1 saturated carbocycles. The van der Waals surface area contributed by atoms with Crippen LogP contribution in [0.3, 0.4) is 0 Å². The molecule has 0 aliphatic heterocycles. The van der Waals surface area contributed by atoms with Crippen LogP contribution in [-0.4, -0.2) is 4.98 Å². The minimum absolute atomic E-state index is 0.644. The molecule has 2 aromatic heterocycles. The lowest BCUT2D eigenvalue weighted by atomic mass is 10.3. The van der Waals surface area contributed by atoms with Crippen molar-refractivity contribution < 1.29 is 4.42 Å². The molecule has 4 heteroatoms. The summed E-state index contributed by atoms with van der Waals surface area (Å²) in [6.07, 6.45) is 3.08. The zero-order valence-corrected chi connectivity index (χ0v) is 12.7. The van der Waals surface area contributed by atoms with Gasteiger partial charge in [-0.3, -0.25) is 0 Å². The summed E-state index contributed by atoms with van der Waals surface area (Å²) in [5, 5.41) is 3.34. The first-order valence-corrected chi connectivity index (χ1v) is 7.37. The predicted molar refractivity (Wildman–Crippen MR) is 79.2 cm³/mol. The molecule has 1 fully saturated rings. The molecule has 0 aromatic carbocycles. The molecule has 3 nitrogen and oxygen atoms in total. The zero-order valence-electron chi connectivity index (χ0n) is 11.1. The Morgan fingerprint density at radius 1 is 1.47 bits per heavy atom. The van der Waals surface area contributed by atoms with E-state index in [2.05, 4.69) is 51.4 Å². The average molecular weight is 321 g/mol. The van der Waals surface area contributed by atoms with Gasteiger partial charge in [0.15, 0.2) is 0 Å². The van der Waals surface area contributed by atoms with Gasteiger partial charge in [-0.2, -0.15) is 0 Å². The van der Waals surface area contributed by atoms with Crippen LogP contribution in [0.4, 0.5) is 5.69 Å². The molecule has 2 unspecified atom stereocenters. The van der Waals surface area contributed by atoms with Gasteiger partial charge in [0.2, 0.25) is 0 Å². The first-order chi connectivity index (χ1) is 9.13. The molecular formula is C15H17BrN2O. The van der Waals surface area contributed by atoms with Gasteiger partial charge in [0.25, 0.3) is 0 Å². The molecular weight excluding hydrogens is 304 g/mol. The summed E-state index contributed by atoms with van der Waals surface area (Å²) in [5.74, 6) is 3.54. The van der Waals surface area contributed by atoms with Gasteiger partial charge in [-0.05, 0) is 59.0 Å². The summed E-state index contributed by atoms with van der Waals surface area (Å²) in [7, 11) is 0. The Morgan fingerprint density at radius 2 is 2.26 bits per heavy atom. The van der Waals surface area contributed by atoms with Crippen LogP contribution in [0, 0.1) is 12.8 Å². The van der Waals surface area contributed by atoms with Crippen LogP contribution in [0.2, 0.25) is 0 Å². The number of pyridine rings is 1. The highest BCUT2D eigenvalue weighted by Gasteiger charge is 2.36. The SMILES string of the molecule is Cc1cc(NCc2ccc(C3CC3C)o2)cnc1Br. The number of anilines is 1. The summed E-state index contributed by atoms with van der Waals surface area (Å²) >= 11 is 3.40. The maximum Gasteiger partial charge on any atom is 0.123 e. The van der Waals surface area contributed by atoms with Gasteiger partial charge in [0.05, 0.1) is 18.4 Å². The molecule has 3 rings (SSSR count). The number of rotatable bonds is 4. The number of halogens is 1. The number of nitrogens with zero attached hydrogens (tertiary/aromatic N) is 1. The third kappa shape index (κ3) is 2.84. The third-order valence-electron chi connectivity index (χ3n) is 3.64. The highest BCUT2D eigenvalue weighted by molar-refractivity contribution is 9.10. The van der Waals surface area contributed by atoms with Gasteiger partial charge in [-0.15, -0.1) is 0 Å². The molecule has 0 saturated heterocycles. The monoisotopic (exact) mass is 320 g/mol. The molecule has 0 radical (unpaired) electrons. The van der Waals surface area contributed by atoms with Gasteiger partial charge in [0.1, 0.15) is 16.1 Å². The molecule has 0 bridgehead atoms. The van der Waals surface area contributed by atoms with Crippen LogP contribution in [0.5, 0.6) is 0 Å². The quantitative estimate of drug-likeness (QED) is 0.844. The second kappa shape index (κ2) is 5.00. The number of hydrogen-bond acceptors (Lipinski definition) is 3. The van der Waals surface area contributed by atoms with Crippen LogP contribution < -0.4 is 5.32 Å². The van der Waals surface area contributed by atoms with Crippen molar-refractivity contribution in [3.63, 3.8) is 0 Å². The number of hydrogen-bond donors (Lipinski definition) is 1. The van der Waals surface area contributed by atoms with E-state index in [-0.39, 0.29) is 0 Å². The average Bonchev–Trinajstić information content (AvgIpc) is 2.94. The Kier molecular flexibility index (Phi) is 3.35. The topological polar surface area (TPSA) is 38.1 Å². The number of furan rings is 1. The van der Waals surface area contributed by atoms with Crippen molar-refractivity contribution in [2.75, 3.05) is 5.32 Å². The van der Waals surface area contributed by atoms with Gasteiger partial charge in [-0.25, -0.2) is 4.98 Å². The van der Waals surface area contributed by atoms with E-state index in [4.69, 9.17) is 4.42 Å². The minimum atomic E-state index is 0.644. The molecule has 100 valence electrons. The highest BCUT2D eigenvalue weighted by Crippen LogP contribution is 2.47. The van der Waals surface area contributed by atoms with Crippen molar-refractivity contribution in [3.05, 3.63) is 46.1 Å². The maximum atomic E-state index is 5.86. The highest BCUT2D eigenvalue weighted by atomic mass is 79.9. The largest absolute Gasteiger partial charge is 0.464 e. The van der Waals surface area contributed by atoms with E-state index in [1.165, 1.54) is 6.42 Å². The van der Waals surface area contributed by atoms with Crippen molar-refractivity contribution in [1.29, 1.82) is 0 Å². The molecule has 1 N–H and O–H groups in total. The number of nitrogens with one attached hydrogen (secondary N) is 1. The second-order valence-corrected chi connectivity index (χ2v) is 6.06. The van der Waals surface area contributed by atoms with Crippen LogP contribution in [0.15, 0.2) is 33.4 Å². The fourth-order valence-corrected chi connectivity index (χ4v) is 2.47. The Morgan fingerprint density at radius 3 is 2.95 bits per heavy atom. The lowest BCUT2D eigenvalue weighted by Gasteiger charge is -2.05. The summed E-state index contributed by atoms with van der Waals surface area (Å²) in [6, 6.07) is 6.24. The van der Waals surface area contributed by atoms with Crippen molar-refractivity contribution in [3.8, 4) is 0 Å². The minimum Gasteiger partial charge on any atom is -0.464 e. The van der Waals surface area contributed by atoms with Gasteiger partial charge < -0.3 is 9.73 Å². The van der Waals surface area contributed by atoms with Crippen molar-refractivity contribution in [2.45, 2.75) is 32.7 Å². The number of aromatic nitrogens is 1. The fraction of sp³-hybridized carbons (Fsp3) is 0.400. The fourth-order valence-electron chi connectivity index (χ4n) is 2.25. The van der Waals surface area contributed by atoms with Crippen molar-refractivity contribution >= 4 is 21.6 Å². The number of aryl methyl sites for hydroxylation is 1. The van der Waals surface area contributed by atoms with Crippen LogP contribution in [-0.2, 0) is 6.54 Å². The molecule has 2 aromatic rings. The molecule has 19 heavy (non-hydrogen) atoms. The standard InChI is InChI=1S/C15H17BrN2O/c1-9-6-13(9)14-4-3-12(19-14)8-17-11-5-10(2)15(16)18-7-11/h3-5,7,9,13,17H,6,8H2,1-2H3. The lowest BCUT2D eigenvalue weighted by Crippen LogP contribution is -1.99. The maximum absolute atomic E-state index is 5.86. The first kappa shape index (κ1) is 12.7. The molecule has 1 aliphatic carbocycles. The van der Waals surface area contributed by atoms with E-state index in [1.54, 1.807) is 0 Å². The van der Waals surface area contributed by atoms with Crippen molar-refractivity contribution in [1.82, 2.24) is 4.98 Å². The van der Waals surface area contributed by atoms with Gasteiger partial charge >= 0.3 is 0 Å². The van der Waals surface area contributed by atoms with E-state index in [9.17, 15) is 0 Å². The van der Waals surface area contributed by atoms with E-state index < -0.39 is 0 Å². The second-order valence-electron chi connectivity index (χ2n) is 5.31. The van der Waals surface area contributed by atoms with Crippen LogP contribution in [0.25, 0.3) is 0 Å². The van der Waals surface area contributed by atoms with Crippen molar-refractivity contribution in [2.24, 2.45) is 5.92 Å². The molecule has 0 spiro atoms. The lowest BCUT2D eigenvalue weighted by molar-refractivity contribution is 0.468. The smallest absolute Gasteiger partial charge is 0.123 e. The van der Waals surface area contributed by atoms with Crippen LogP contribution >= 0.6 is 15.9 Å². The Hall–Kier alpha value is -1.29. The van der Waals surface area contributed by atoms with E-state index >= 15 is 0 Å². The van der Waals surface area contributed by atoms with Crippen LogP contribution in [0.1, 0.15) is 36.3 Å². The predicted octanol–water partition coefficient (Wildman–Crippen LogP) is 4.48. The van der Waals surface area contributed by atoms with Gasteiger partial charge in [0, 0.05) is 5.92 Å². The normalized spacial score (nSPS) is 21.4. The summed E-state index contributed by atoms with van der Waals surface area (Å²) in [6.45, 7) is 4.99. The Labute approximate surface area is 121 Å². The Balaban J connectivity index is 1.62. The van der Waals surface area contributed by atoms with Gasteiger partial charge in [-0.1, -0.05) is 6.92 Å². The molecule has 1 aliphatic rings. The molecule has 2 atom stereocenters. The van der Waals surface area contributed by atoms with E-state index in [0.29, 0.717) is 12.5 Å². The zero-order chi connectivity index (χ0) is 13.4.